The number of nitrogens with two attached hydrogens (primary N) is 1. The van der Waals surface area contributed by atoms with Crippen LogP contribution < -0.4 is 15.8 Å². The van der Waals surface area contributed by atoms with Gasteiger partial charge < -0.3 is 20.8 Å². The lowest BCUT2D eigenvalue weighted by Gasteiger charge is -2.09. The number of aromatic nitrogens is 2. The number of nitrogen functional groups attached to an aromatic ring is 1. The highest BCUT2D eigenvalue weighted by Gasteiger charge is 2.05. The number of H-pyrrole nitrogens is 1. The Hall–Kier alpha value is -2.89. The van der Waals surface area contributed by atoms with Crippen molar-refractivity contribution in [3.63, 3.8) is 0 Å². The van der Waals surface area contributed by atoms with E-state index >= 15 is 0 Å². The maximum absolute atomic E-state index is 6.13. The minimum atomic E-state index is 0.471. The van der Waals surface area contributed by atoms with E-state index in [9.17, 15) is 0 Å². The van der Waals surface area contributed by atoms with Crippen LogP contribution in [0.4, 0.5) is 11.6 Å². The van der Waals surface area contributed by atoms with E-state index in [1.54, 1.807) is 18.2 Å². The Morgan fingerprint density at radius 3 is 2.59 bits per heavy atom. The van der Waals surface area contributed by atoms with Gasteiger partial charge in [0.05, 0.1) is 16.1 Å². The largest absolute Gasteiger partial charge is 0.456 e. The first-order chi connectivity index (χ1) is 13.1. The van der Waals surface area contributed by atoms with E-state index in [4.69, 9.17) is 33.7 Å². The summed E-state index contributed by atoms with van der Waals surface area (Å²) in [6.07, 6.45) is 0. The molecule has 0 saturated carbocycles. The molecule has 4 N–H and O–H groups in total. The molecule has 0 atom stereocenters. The predicted octanol–water partition coefficient (Wildman–Crippen LogP) is 5.86. The molecule has 0 unspecified atom stereocenters. The number of nitrogens with one attached hydrogen (secondary N) is 2. The number of hydrogen-bond donors (Lipinski definition) is 3. The Labute approximate surface area is 166 Å². The van der Waals surface area contributed by atoms with Gasteiger partial charge in [0, 0.05) is 17.3 Å². The van der Waals surface area contributed by atoms with E-state index in [1.807, 2.05) is 42.5 Å². The normalized spacial score (nSPS) is 10.9. The maximum atomic E-state index is 6.13. The number of benzene rings is 3. The summed E-state index contributed by atoms with van der Waals surface area (Å²) in [6, 6.07) is 18.5. The van der Waals surface area contributed by atoms with Gasteiger partial charge in [-0.25, -0.2) is 4.98 Å². The molecule has 0 aliphatic heterocycles. The summed E-state index contributed by atoms with van der Waals surface area (Å²) in [5, 5.41) is 4.31. The zero-order valence-corrected chi connectivity index (χ0v) is 15.7. The van der Waals surface area contributed by atoms with Crippen molar-refractivity contribution in [1.29, 1.82) is 0 Å². The molecule has 4 rings (SSSR count). The van der Waals surface area contributed by atoms with Gasteiger partial charge in [-0.3, -0.25) is 0 Å². The van der Waals surface area contributed by atoms with Crippen molar-refractivity contribution in [2.45, 2.75) is 6.54 Å². The molecular weight excluding hydrogens is 383 g/mol. The lowest BCUT2D eigenvalue weighted by Crippen LogP contribution is -2.00. The number of hydrogen-bond acceptors (Lipinski definition) is 4. The van der Waals surface area contributed by atoms with Crippen molar-refractivity contribution >= 4 is 45.9 Å². The van der Waals surface area contributed by atoms with Gasteiger partial charge in [-0.1, -0.05) is 35.3 Å². The van der Waals surface area contributed by atoms with Gasteiger partial charge >= 0.3 is 0 Å². The summed E-state index contributed by atoms with van der Waals surface area (Å²) in [5.74, 6) is 1.96. The fourth-order valence-electron chi connectivity index (χ4n) is 2.65. The number of imidazole rings is 1. The Balaban J connectivity index is 1.41. The fourth-order valence-corrected chi connectivity index (χ4v) is 3.10. The van der Waals surface area contributed by atoms with E-state index < -0.39 is 0 Å². The second-order valence-electron chi connectivity index (χ2n) is 6.04. The second kappa shape index (κ2) is 7.39. The third-order valence-electron chi connectivity index (χ3n) is 4.01. The smallest absolute Gasteiger partial charge is 0.201 e. The molecule has 0 aliphatic rings. The van der Waals surface area contributed by atoms with Gasteiger partial charge in [-0.2, -0.15) is 0 Å². The predicted molar refractivity (Wildman–Crippen MR) is 111 cm³/mol. The van der Waals surface area contributed by atoms with E-state index in [2.05, 4.69) is 15.3 Å². The summed E-state index contributed by atoms with van der Waals surface area (Å²) < 4.78 is 5.79. The fraction of sp³-hybridized carbons (Fsp3) is 0.0500. The highest BCUT2D eigenvalue weighted by molar-refractivity contribution is 6.35. The van der Waals surface area contributed by atoms with E-state index in [1.165, 1.54) is 0 Å². The van der Waals surface area contributed by atoms with E-state index in [0.29, 0.717) is 39.7 Å². The van der Waals surface area contributed by atoms with Crippen LogP contribution in [0.3, 0.4) is 0 Å². The van der Waals surface area contributed by atoms with Gasteiger partial charge in [0.15, 0.2) is 0 Å². The molecule has 0 fully saturated rings. The molecule has 27 heavy (non-hydrogen) atoms. The molecule has 0 radical (unpaired) electrons. The maximum Gasteiger partial charge on any atom is 0.201 e. The number of nitrogens with zero attached hydrogens (tertiary/aromatic N) is 1. The quantitative estimate of drug-likeness (QED) is 0.368. The van der Waals surface area contributed by atoms with Crippen LogP contribution in [0, 0.1) is 0 Å². The van der Waals surface area contributed by atoms with E-state index in [0.717, 1.165) is 16.6 Å². The van der Waals surface area contributed by atoms with Crippen molar-refractivity contribution in [3.05, 3.63) is 76.3 Å². The summed E-state index contributed by atoms with van der Waals surface area (Å²) in [5.41, 5.74) is 9.34. The third kappa shape index (κ3) is 4.10. The standard InChI is InChI=1S/C20H16Cl2N4O/c21-13-3-8-19(16(22)9-13)27-15-5-1-12(2-6-15)11-24-20-25-17-7-4-14(23)10-18(17)26-20/h1-10H,11,23H2,(H2,24,25,26). The summed E-state index contributed by atoms with van der Waals surface area (Å²) in [4.78, 5) is 7.70. The molecule has 3 aromatic carbocycles. The molecule has 0 saturated heterocycles. The Morgan fingerprint density at radius 2 is 1.81 bits per heavy atom. The van der Waals surface area contributed by atoms with Crippen LogP contribution in [-0.4, -0.2) is 9.97 Å². The molecule has 0 bridgehead atoms. The Morgan fingerprint density at radius 1 is 1.00 bits per heavy atom. The minimum absolute atomic E-state index is 0.471. The van der Waals surface area contributed by atoms with Crippen LogP contribution in [0.1, 0.15) is 5.56 Å². The zero-order chi connectivity index (χ0) is 18.8. The van der Waals surface area contributed by atoms with Gasteiger partial charge in [-0.05, 0) is 54.1 Å². The van der Waals surface area contributed by atoms with Crippen molar-refractivity contribution in [1.82, 2.24) is 9.97 Å². The molecule has 5 nitrogen and oxygen atoms in total. The van der Waals surface area contributed by atoms with Crippen LogP contribution in [0.25, 0.3) is 11.0 Å². The summed E-state index contributed by atoms with van der Waals surface area (Å²) in [6.45, 7) is 0.622. The number of rotatable bonds is 5. The van der Waals surface area contributed by atoms with Crippen molar-refractivity contribution in [2.24, 2.45) is 0 Å². The number of anilines is 2. The van der Waals surface area contributed by atoms with Crippen LogP contribution in [0.2, 0.25) is 10.0 Å². The average molecular weight is 399 g/mol. The van der Waals surface area contributed by atoms with Crippen molar-refractivity contribution < 1.29 is 4.74 Å². The first-order valence-corrected chi connectivity index (χ1v) is 9.03. The lowest BCUT2D eigenvalue weighted by atomic mass is 10.2. The second-order valence-corrected chi connectivity index (χ2v) is 6.88. The van der Waals surface area contributed by atoms with Gasteiger partial charge in [-0.15, -0.1) is 0 Å². The molecule has 4 aromatic rings. The molecule has 1 heterocycles. The highest BCUT2D eigenvalue weighted by atomic mass is 35.5. The van der Waals surface area contributed by atoms with Gasteiger partial charge in [0.25, 0.3) is 0 Å². The average Bonchev–Trinajstić information content (AvgIpc) is 3.05. The number of fused-ring (bicyclic) bond motifs is 1. The molecule has 1 aromatic heterocycles. The van der Waals surface area contributed by atoms with Crippen LogP contribution >= 0.6 is 23.2 Å². The Bertz CT molecular complexity index is 1090. The van der Waals surface area contributed by atoms with Gasteiger partial charge in [0.1, 0.15) is 11.5 Å². The SMILES string of the molecule is Nc1ccc2[nH]c(NCc3ccc(Oc4ccc(Cl)cc4Cl)cc3)nc2c1. The van der Waals surface area contributed by atoms with Gasteiger partial charge in [0.2, 0.25) is 5.95 Å². The number of halogens is 2. The van der Waals surface area contributed by atoms with Crippen LogP contribution in [0.5, 0.6) is 11.5 Å². The number of ether oxygens (including phenoxy) is 1. The summed E-state index contributed by atoms with van der Waals surface area (Å²) >= 11 is 12.0. The monoisotopic (exact) mass is 398 g/mol. The summed E-state index contributed by atoms with van der Waals surface area (Å²) in [7, 11) is 0. The third-order valence-corrected chi connectivity index (χ3v) is 4.54. The van der Waals surface area contributed by atoms with Crippen LogP contribution in [-0.2, 0) is 6.54 Å². The Kier molecular flexibility index (Phi) is 4.79. The van der Waals surface area contributed by atoms with Crippen molar-refractivity contribution in [2.75, 3.05) is 11.1 Å². The molecule has 136 valence electrons. The number of aromatic amines is 1. The zero-order valence-electron chi connectivity index (χ0n) is 14.2. The van der Waals surface area contributed by atoms with E-state index in [-0.39, 0.29) is 0 Å². The van der Waals surface area contributed by atoms with Crippen LogP contribution in [0.15, 0.2) is 60.7 Å². The molecule has 0 amide bonds. The topological polar surface area (TPSA) is 76.0 Å². The lowest BCUT2D eigenvalue weighted by molar-refractivity contribution is 0.483. The molecule has 0 aliphatic carbocycles. The first-order valence-electron chi connectivity index (χ1n) is 8.28. The highest BCUT2D eigenvalue weighted by Crippen LogP contribution is 2.31. The molecule has 0 spiro atoms. The molecular formula is C20H16Cl2N4O. The molecule has 7 heteroatoms. The minimum Gasteiger partial charge on any atom is -0.456 e. The first kappa shape index (κ1) is 17.5. The van der Waals surface area contributed by atoms with Crippen molar-refractivity contribution in [3.8, 4) is 11.5 Å².